The van der Waals surface area contributed by atoms with Crippen LogP contribution in [0.2, 0.25) is 15.1 Å². The highest BCUT2D eigenvalue weighted by molar-refractivity contribution is 6.35. The summed E-state index contributed by atoms with van der Waals surface area (Å²) < 4.78 is 54.6. The molecule has 0 aliphatic rings. The minimum absolute atomic E-state index is 0.0286. The molecule has 0 unspecified atom stereocenters. The molecule has 0 aliphatic carbocycles. The molecule has 0 atom stereocenters. The summed E-state index contributed by atoms with van der Waals surface area (Å²) in [5.41, 5.74) is -1.66. The molecule has 7 nitrogen and oxygen atoms in total. The van der Waals surface area contributed by atoms with Gasteiger partial charge in [0.25, 0.3) is 18.8 Å². The number of carbonyl (C=O) groups excluding carboxylic acids is 1. The number of alkyl halides is 4. The summed E-state index contributed by atoms with van der Waals surface area (Å²) in [6.07, 6.45) is -4.75. The van der Waals surface area contributed by atoms with E-state index >= 15 is 0 Å². The summed E-state index contributed by atoms with van der Waals surface area (Å²) in [6.45, 7) is 0.220. The van der Waals surface area contributed by atoms with Gasteiger partial charge in [-0.2, -0.15) is 10.2 Å². The molecule has 1 aromatic carbocycles. The summed E-state index contributed by atoms with van der Waals surface area (Å²) in [6, 6.07) is 6.47. The molecule has 33 heavy (non-hydrogen) atoms. The summed E-state index contributed by atoms with van der Waals surface area (Å²) >= 11 is 18.2. The lowest BCUT2D eigenvalue weighted by Gasteiger charge is -2.06. The molecule has 1 N–H and O–H groups in total. The van der Waals surface area contributed by atoms with E-state index in [-0.39, 0.29) is 28.7 Å². The van der Waals surface area contributed by atoms with Gasteiger partial charge in [-0.3, -0.25) is 9.48 Å². The Balaban J connectivity index is 1.59. The van der Waals surface area contributed by atoms with Crippen LogP contribution in [0, 0.1) is 0 Å². The minimum Gasteiger partial charge on any atom is -0.302 e. The number of benzene rings is 1. The van der Waals surface area contributed by atoms with Crippen LogP contribution in [0.4, 0.5) is 23.4 Å². The minimum atomic E-state index is -3.12. The van der Waals surface area contributed by atoms with Gasteiger partial charge >= 0.3 is 0 Å². The van der Waals surface area contributed by atoms with Crippen molar-refractivity contribution in [3.8, 4) is 0 Å². The fraction of sp³-hybridized carbons (Fsp3) is 0.158. The third-order valence-corrected chi connectivity index (χ3v) is 5.31. The standard InChI is InChI=1S/C19H11Cl3F4N6O/c20-9-2-1-8(10(21)3-9)6-31-7-11(22)18(30-31)28-19(33)13-5-15-27-12(16(23)24)4-14(17(25)26)32(15)29-13/h1-5,7,16-17H,6H2,(H,28,30,33). The second kappa shape index (κ2) is 9.16. The zero-order valence-electron chi connectivity index (χ0n) is 16.1. The maximum atomic E-state index is 13.3. The van der Waals surface area contributed by atoms with Crippen molar-refractivity contribution in [2.24, 2.45) is 0 Å². The first-order chi connectivity index (χ1) is 15.6. The Morgan fingerprint density at radius 1 is 1.00 bits per heavy atom. The molecular weight excluding hydrogens is 511 g/mol. The van der Waals surface area contributed by atoms with E-state index in [4.69, 9.17) is 34.8 Å². The Kier molecular flexibility index (Phi) is 6.46. The molecule has 3 heterocycles. The first kappa shape index (κ1) is 23.3. The van der Waals surface area contributed by atoms with Gasteiger partial charge in [-0.05, 0) is 23.8 Å². The van der Waals surface area contributed by atoms with Gasteiger partial charge in [-0.1, -0.05) is 40.9 Å². The Bertz CT molecular complexity index is 1360. The lowest BCUT2D eigenvalue weighted by atomic mass is 10.2. The van der Waals surface area contributed by atoms with E-state index in [9.17, 15) is 22.4 Å². The Labute approximate surface area is 197 Å². The van der Waals surface area contributed by atoms with Gasteiger partial charge in [0, 0.05) is 22.3 Å². The highest BCUT2D eigenvalue weighted by Gasteiger charge is 2.23. The van der Waals surface area contributed by atoms with Crippen molar-refractivity contribution in [1.29, 1.82) is 0 Å². The second-order valence-electron chi connectivity index (χ2n) is 6.72. The normalized spacial score (nSPS) is 11.7. The predicted molar refractivity (Wildman–Crippen MR) is 114 cm³/mol. The van der Waals surface area contributed by atoms with Crippen LogP contribution in [-0.2, 0) is 6.54 Å². The average Bonchev–Trinajstić information content (AvgIpc) is 3.32. The van der Waals surface area contributed by atoms with E-state index in [0.29, 0.717) is 26.2 Å². The monoisotopic (exact) mass is 520 g/mol. The number of hydrogen-bond donors (Lipinski definition) is 1. The van der Waals surface area contributed by atoms with Crippen molar-refractivity contribution in [1.82, 2.24) is 24.4 Å². The molecule has 0 saturated heterocycles. The maximum absolute atomic E-state index is 13.3. The quantitative estimate of drug-likeness (QED) is 0.313. The second-order valence-corrected chi connectivity index (χ2v) is 7.97. The lowest BCUT2D eigenvalue weighted by Crippen LogP contribution is -2.14. The van der Waals surface area contributed by atoms with Gasteiger partial charge in [0.15, 0.2) is 17.2 Å². The highest BCUT2D eigenvalue weighted by Crippen LogP contribution is 2.27. The summed E-state index contributed by atoms with van der Waals surface area (Å²) in [7, 11) is 0. The van der Waals surface area contributed by atoms with E-state index in [0.717, 1.165) is 6.07 Å². The molecule has 4 aromatic rings. The SMILES string of the molecule is O=C(Nc1nn(Cc2ccc(Cl)cc2Cl)cc1Cl)c1cc2nc(C(F)F)cc(C(F)F)n2n1. The first-order valence-electron chi connectivity index (χ1n) is 9.07. The molecule has 14 heteroatoms. The van der Waals surface area contributed by atoms with Gasteiger partial charge in [-0.15, -0.1) is 0 Å². The molecule has 0 bridgehead atoms. The van der Waals surface area contributed by atoms with Crippen LogP contribution in [0.15, 0.2) is 36.5 Å². The van der Waals surface area contributed by atoms with E-state index in [1.807, 2.05) is 0 Å². The number of nitrogens with one attached hydrogen (secondary N) is 1. The maximum Gasteiger partial charge on any atom is 0.280 e. The van der Waals surface area contributed by atoms with Crippen LogP contribution in [0.5, 0.6) is 0 Å². The molecule has 172 valence electrons. The van der Waals surface area contributed by atoms with Crippen molar-refractivity contribution in [3.05, 3.63) is 74.2 Å². The number of aromatic nitrogens is 5. The zero-order chi connectivity index (χ0) is 23.9. The lowest BCUT2D eigenvalue weighted by molar-refractivity contribution is 0.102. The fourth-order valence-corrected chi connectivity index (χ4v) is 3.62. The zero-order valence-corrected chi connectivity index (χ0v) is 18.4. The Morgan fingerprint density at radius 2 is 1.76 bits per heavy atom. The molecule has 0 radical (unpaired) electrons. The number of hydrogen-bond acceptors (Lipinski definition) is 4. The van der Waals surface area contributed by atoms with E-state index in [1.165, 1.54) is 10.9 Å². The summed E-state index contributed by atoms with van der Waals surface area (Å²) in [5.74, 6) is -0.880. The Hall–Kier alpha value is -2.89. The number of carbonyl (C=O) groups is 1. The topological polar surface area (TPSA) is 77.1 Å². The fourth-order valence-electron chi connectivity index (χ4n) is 2.96. The molecule has 3 aromatic heterocycles. The smallest absolute Gasteiger partial charge is 0.280 e. The largest absolute Gasteiger partial charge is 0.302 e. The molecule has 0 saturated carbocycles. The van der Waals surface area contributed by atoms with Crippen molar-refractivity contribution in [2.75, 3.05) is 5.32 Å². The van der Waals surface area contributed by atoms with Crippen LogP contribution in [-0.4, -0.2) is 30.3 Å². The van der Waals surface area contributed by atoms with E-state index < -0.39 is 30.1 Å². The highest BCUT2D eigenvalue weighted by atomic mass is 35.5. The number of fused-ring (bicyclic) bond motifs is 1. The van der Waals surface area contributed by atoms with Crippen LogP contribution in [0.25, 0.3) is 5.65 Å². The summed E-state index contributed by atoms with van der Waals surface area (Å²) in [4.78, 5) is 16.2. The van der Waals surface area contributed by atoms with Crippen LogP contribution in [0.3, 0.4) is 0 Å². The molecule has 1 amide bonds. The number of nitrogens with zero attached hydrogens (tertiary/aromatic N) is 5. The number of amides is 1. The molecule has 4 rings (SSSR count). The molecule has 0 fully saturated rings. The molecular formula is C19H11Cl3F4N6O. The van der Waals surface area contributed by atoms with Gasteiger partial charge in [0.05, 0.1) is 6.54 Å². The summed E-state index contributed by atoms with van der Waals surface area (Å²) in [5, 5.41) is 11.3. The average molecular weight is 522 g/mol. The van der Waals surface area contributed by atoms with Crippen molar-refractivity contribution < 1.29 is 22.4 Å². The van der Waals surface area contributed by atoms with Gasteiger partial charge in [-0.25, -0.2) is 27.1 Å². The van der Waals surface area contributed by atoms with Gasteiger partial charge in [0.2, 0.25) is 0 Å². The van der Waals surface area contributed by atoms with E-state index in [1.54, 1.807) is 18.2 Å². The van der Waals surface area contributed by atoms with Crippen molar-refractivity contribution in [2.45, 2.75) is 19.4 Å². The van der Waals surface area contributed by atoms with E-state index in [2.05, 4.69) is 20.5 Å². The van der Waals surface area contributed by atoms with Crippen LogP contribution >= 0.6 is 34.8 Å². The van der Waals surface area contributed by atoms with Crippen molar-refractivity contribution >= 4 is 52.2 Å². The predicted octanol–water partition coefficient (Wildman–Crippen LogP) is 6.06. The third kappa shape index (κ3) is 4.90. The Morgan fingerprint density at radius 3 is 2.42 bits per heavy atom. The van der Waals surface area contributed by atoms with Crippen LogP contribution < -0.4 is 5.32 Å². The number of halogens is 7. The van der Waals surface area contributed by atoms with Gasteiger partial charge < -0.3 is 5.32 Å². The van der Waals surface area contributed by atoms with Crippen molar-refractivity contribution in [3.63, 3.8) is 0 Å². The molecule has 0 aliphatic heterocycles. The third-order valence-electron chi connectivity index (χ3n) is 4.45. The number of rotatable bonds is 6. The number of anilines is 1. The first-order valence-corrected chi connectivity index (χ1v) is 10.2. The van der Waals surface area contributed by atoms with Crippen LogP contribution in [0.1, 0.15) is 40.3 Å². The molecule has 0 spiro atoms. The van der Waals surface area contributed by atoms with Gasteiger partial charge in [0.1, 0.15) is 16.4 Å².